The molecule has 6 heteroatoms. The maximum atomic E-state index is 10.8. The second-order valence-electron chi connectivity index (χ2n) is 2.58. The van der Waals surface area contributed by atoms with E-state index in [0.29, 0.717) is 0 Å². The third-order valence-corrected chi connectivity index (χ3v) is 3.57. The van der Waals surface area contributed by atoms with E-state index in [-0.39, 0.29) is 18.9 Å². The van der Waals surface area contributed by atoms with Gasteiger partial charge in [-0.05, 0) is 0 Å². The number of rotatable bonds is 1. The molecule has 11 heavy (non-hydrogen) atoms. The number of nitrogens with zero attached hydrogens (tertiary/aromatic N) is 1. The van der Waals surface area contributed by atoms with Crippen LogP contribution in [0.3, 0.4) is 0 Å². The molecule has 64 valence electrons. The van der Waals surface area contributed by atoms with Gasteiger partial charge in [-0.2, -0.15) is 0 Å². The summed E-state index contributed by atoms with van der Waals surface area (Å²) >= 11 is 0. The summed E-state index contributed by atoms with van der Waals surface area (Å²) in [5, 5.41) is -0.721. The molecule has 1 saturated heterocycles. The largest absolute Gasteiger partial charge is 0.344 e. The van der Waals surface area contributed by atoms with Gasteiger partial charge in [0.25, 0.3) is 0 Å². The van der Waals surface area contributed by atoms with Crippen molar-refractivity contribution in [1.82, 2.24) is 4.90 Å². The average Bonchev–Trinajstić information content (AvgIpc) is 2.11. The van der Waals surface area contributed by atoms with E-state index in [0.717, 1.165) is 0 Å². The molecule has 0 bridgehead atoms. The summed E-state index contributed by atoms with van der Waals surface area (Å²) in [6.45, 7) is 0.213. The molecular weight excluding hydrogens is 190 g/mol. The van der Waals surface area contributed by atoms with Crippen LogP contribution in [-0.2, 0) is 13.8 Å². The van der Waals surface area contributed by atoms with Crippen LogP contribution in [0.2, 0.25) is 0 Å². The van der Waals surface area contributed by atoms with Gasteiger partial charge in [-0.3, -0.25) is 4.79 Å². The summed E-state index contributed by atoms with van der Waals surface area (Å²) < 4.78 is 21.4. The molecule has 0 radical (unpaired) electrons. The van der Waals surface area contributed by atoms with Crippen LogP contribution in [0.5, 0.6) is 0 Å². The third kappa shape index (κ3) is 1.84. The number of carbonyl (C=O) groups is 1. The number of halogens is 1. The van der Waals surface area contributed by atoms with Gasteiger partial charge in [-0.25, -0.2) is 8.42 Å². The molecule has 1 atom stereocenters. The van der Waals surface area contributed by atoms with Gasteiger partial charge in [0.1, 0.15) is 5.25 Å². The highest BCUT2D eigenvalue weighted by Gasteiger charge is 2.35. The van der Waals surface area contributed by atoms with Crippen molar-refractivity contribution in [1.29, 1.82) is 0 Å². The standard InChI is InChI=1S/C5H8ClNO3S/c1-7-3-4(2-5(7)8)11(6,9)10/h4H,2-3H2,1H3/t4-/m0/s1. The lowest BCUT2D eigenvalue weighted by molar-refractivity contribution is -0.126. The quantitative estimate of drug-likeness (QED) is 0.547. The molecule has 0 N–H and O–H groups in total. The zero-order chi connectivity index (χ0) is 8.65. The van der Waals surface area contributed by atoms with E-state index in [4.69, 9.17) is 10.7 Å². The van der Waals surface area contributed by atoms with E-state index < -0.39 is 14.3 Å². The minimum atomic E-state index is -3.56. The number of hydrogen-bond acceptors (Lipinski definition) is 3. The Kier molecular flexibility index (Phi) is 2.11. The van der Waals surface area contributed by atoms with Crippen LogP contribution in [0.25, 0.3) is 0 Å². The Hall–Kier alpha value is -0.290. The zero-order valence-electron chi connectivity index (χ0n) is 5.95. The van der Waals surface area contributed by atoms with Crippen LogP contribution in [0, 0.1) is 0 Å². The van der Waals surface area contributed by atoms with Crippen LogP contribution >= 0.6 is 10.7 Å². The summed E-state index contributed by atoms with van der Waals surface area (Å²) in [6, 6.07) is 0. The fraction of sp³-hybridized carbons (Fsp3) is 0.800. The first kappa shape index (κ1) is 8.80. The third-order valence-electron chi connectivity index (χ3n) is 1.70. The van der Waals surface area contributed by atoms with Crippen molar-refractivity contribution >= 4 is 25.6 Å². The van der Waals surface area contributed by atoms with Crippen LogP contribution in [0.15, 0.2) is 0 Å². The van der Waals surface area contributed by atoms with Gasteiger partial charge in [0.2, 0.25) is 15.0 Å². The first-order chi connectivity index (χ1) is 4.91. The maximum absolute atomic E-state index is 10.8. The molecule has 1 rings (SSSR count). The number of hydrogen-bond donors (Lipinski definition) is 0. The number of carbonyl (C=O) groups excluding carboxylic acids is 1. The summed E-state index contributed by atoms with van der Waals surface area (Å²) in [6.07, 6.45) is 0.0162. The van der Waals surface area contributed by atoms with Gasteiger partial charge in [-0.15, -0.1) is 0 Å². The van der Waals surface area contributed by atoms with E-state index in [1.165, 1.54) is 4.90 Å². The first-order valence-corrected chi connectivity index (χ1v) is 5.46. The molecule has 0 spiro atoms. The van der Waals surface area contributed by atoms with Crippen molar-refractivity contribution in [3.63, 3.8) is 0 Å². The van der Waals surface area contributed by atoms with E-state index >= 15 is 0 Å². The van der Waals surface area contributed by atoms with Crippen molar-refractivity contribution in [2.45, 2.75) is 11.7 Å². The molecule has 1 aliphatic heterocycles. The Morgan fingerprint density at radius 2 is 2.18 bits per heavy atom. The van der Waals surface area contributed by atoms with Crippen molar-refractivity contribution in [2.75, 3.05) is 13.6 Å². The molecule has 0 aliphatic carbocycles. The Labute approximate surface area is 69.5 Å². The second-order valence-corrected chi connectivity index (χ2v) is 5.48. The number of amides is 1. The molecule has 0 unspecified atom stereocenters. The van der Waals surface area contributed by atoms with Crippen molar-refractivity contribution in [3.05, 3.63) is 0 Å². The lowest BCUT2D eigenvalue weighted by Crippen LogP contribution is -2.22. The van der Waals surface area contributed by atoms with Gasteiger partial charge in [0.05, 0.1) is 0 Å². The molecule has 1 fully saturated rings. The molecule has 0 aromatic heterocycles. The monoisotopic (exact) mass is 197 g/mol. The van der Waals surface area contributed by atoms with Crippen LogP contribution in [-0.4, -0.2) is 38.1 Å². The number of likely N-dealkylation sites (tertiary alicyclic amines) is 1. The van der Waals surface area contributed by atoms with Gasteiger partial charge >= 0.3 is 0 Å². The topological polar surface area (TPSA) is 54.5 Å². The lowest BCUT2D eigenvalue weighted by Gasteiger charge is -2.06. The summed E-state index contributed by atoms with van der Waals surface area (Å²) in [4.78, 5) is 12.2. The van der Waals surface area contributed by atoms with Crippen LogP contribution in [0.4, 0.5) is 0 Å². The van der Waals surface area contributed by atoms with Gasteiger partial charge in [0, 0.05) is 30.7 Å². The van der Waals surface area contributed by atoms with Crippen molar-refractivity contribution < 1.29 is 13.2 Å². The summed E-state index contributed by atoms with van der Waals surface area (Å²) in [5.74, 6) is -0.167. The van der Waals surface area contributed by atoms with Crippen molar-refractivity contribution in [2.24, 2.45) is 0 Å². The minimum absolute atomic E-state index is 0.0162. The van der Waals surface area contributed by atoms with Gasteiger partial charge in [-0.1, -0.05) is 0 Å². The molecule has 4 nitrogen and oxygen atoms in total. The van der Waals surface area contributed by atoms with E-state index in [9.17, 15) is 13.2 Å². The maximum Gasteiger partial charge on any atom is 0.237 e. The van der Waals surface area contributed by atoms with Crippen LogP contribution in [0.1, 0.15) is 6.42 Å². The lowest BCUT2D eigenvalue weighted by atomic mass is 10.4. The van der Waals surface area contributed by atoms with E-state index in [1.807, 2.05) is 0 Å². The smallest absolute Gasteiger partial charge is 0.237 e. The Morgan fingerprint density at radius 1 is 1.64 bits per heavy atom. The van der Waals surface area contributed by atoms with Crippen LogP contribution < -0.4 is 0 Å². The summed E-state index contributed by atoms with van der Waals surface area (Å²) in [7, 11) is 3.06. The van der Waals surface area contributed by atoms with Crippen molar-refractivity contribution in [3.8, 4) is 0 Å². The molecule has 1 heterocycles. The predicted octanol–water partition coefficient (Wildman–Crippen LogP) is -0.214. The van der Waals surface area contributed by atoms with E-state index in [2.05, 4.69) is 0 Å². The molecule has 0 aromatic carbocycles. The van der Waals surface area contributed by atoms with Gasteiger partial charge in [0.15, 0.2) is 0 Å². The average molecular weight is 198 g/mol. The highest BCUT2D eigenvalue weighted by atomic mass is 35.7. The Bertz CT molecular complexity index is 273. The molecular formula is C5H8ClNO3S. The fourth-order valence-electron chi connectivity index (χ4n) is 1.01. The molecule has 0 aromatic rings. The normalized spacial score (nSPS) is 26.2. The fourth-order valence-corrected chi connectivity index (χ4v) is 2.11. The highest BCUT2D eigenvalue weighted by Crippen LogP contribution is 2.19. The Balaban J connectivity index is 2.77. The second kappa shape index (κ2) is 2.64. The molecule has 1 aliphatic rings. The Morgan fingerprint density at radius 3 is 2.36 bits per heavy atom. The predicted molar refractivity (Wildman–Crippen MR) is 40.8 cm³/mol. The highest BCUT2D eigenvalue weighted by molar-refractivity contribution is 8.14. The molecule has 0 saturated carbocycles. The first-order valence-electron chi connectivity index (χ1n) is 3.08. The van der Waals surface area contributed by atoms with Gasteiger partial charge < -0.3 is 4.90 Å². The van der Waals surface area contributed by atoms with E-state index in [1.54, 1.807) is 7.05 Å². The molecule has 1 amide bonds. The zero-order valence-corrected chi connectivity index (χ0v) is 7.52. The minimum Gasteiger partial charge on any atom is -0.344 e. The summed E-state index contributed by atoms with van der Waals surface area (Å²) in [5.41, 5.74) is 0. The SMILES string of the molecule is CN1C[C@@H](S(=O)(=O)Cl)CC1=O.